The van der Waals surface area contributed by atoms with Gasteiger partial charge >= 0.3 is 6.18 Å². The molecular weight excluding hydrogens is 499 g/mol. The number of alkyl halides is 3. The lowest BCUT2D eigenvalue weighted by Crippen LogP contribution is -2.49. The summed E-state index contributed by atoms with van der Waals surface area (Å²) in [5.41, 5.74) is -0.737. The summed E-state index contributed by atoms with van der Waals surface area (Å²) in [5, 5.41) is 2.48. The van der Waals surface area contributed by atoms with E-state index < -0.39 is 27.7 Å². The topological polar surface area (TPSA) is 69.7 Å². The lowest BCUT2D eigenvalue weighted by molar-refractivity contribution is -0.137. The molecule has 31 heavy (non-hydrogen) atoms. The number of amides is 1. The molecule has 1 N–H and O–H groups in total. The van der Waals surface area contributed by atoms with Gasteiger partial charge in [0.1, 0.15) is 0 Å². The molecule has 1 amide bonds. The summed E-state index contributed by atoms with van der Waals surface area (Å²) in [6.07, 6.45) is -4.38. The molecule has 1 fully saturated rings. The highest BCUT2D eigenvalue weighted by Crippen LogP contribution is 2.30. The van der Waals surface area contributed by atoms with Gasteiger partial charge in [0.25, 0.3) is 0 Å². The van der Waals surface area contributed by atoms with Gasteiger partial charge < -0.3 is 10.2 Å². The van der Waals surface area contributed by atoms with E-state index in [-0.39, 0.29) is 17.0 Å². The number of piperazine rings is 1. The maximum Gasteiger partial charge on any atom is 0.416 e. The molecule has 0 aromatic heterocycles. The van der Waals surface area contributed by atoms with Gasteiger partial charge in [0.15, 0.2) is 0 Å². The normalized spacial score (nSPS) is 16.3. The van der Waals surface area contributed by atoms with Crippen LogP contribution in [0.3, 0.4) is 0 Å². The Balaban J connectivity index is 1.48. The molecule has 168 valence electrons. The molecule has 2 aromatic rings. The zero-order chi connectivity index (χ0) is 22.6. The minimum Gasteiger partial charge on any atom is -0.326 e. The zero-order valence-electron chi connectivity index (χ0n) is 16.4. The van der Waals surface area contributed by atoms with Crippen LogP contribution in [-0.4, -0.2) is 56.3 Å². The molecule has 0 unspecified atom stereocenters. The highest BCUT2D eigenvalue weighted by molar-refractivity contribution is 9.10. The van der Waals surface area contributed by atoms with E-state index in [1.807, 2.05) is 4.90 Å². The van der Waals surface area contributed by atoms with Crippen molar-refractivity contribution >= 4 is 37.5 Å². The summed E-state index contributed by atoms with van der Waals surface area (Å²) in [6.45, 7) is 1.91. The number of halogens is 4. The van der Waals surface area contributed by atoms with Crippen molar-refractivity contribution in [1.82, 2.24) is 9.21 Å². The molecular formula is C20H21BrF3N3O3S. The van der Waals surface area contributed by atoms with E-state index in [0.717, 1.165) is 16.6 Å². The molecule has 0 radical (unpaired) electrons. The molecule has 1 aliphatic rings. The third kappa shape index (κ3) is 6.28. The summed E-state index contributed by atoms with van der Waals surface area (Å²) in [5.74, 6) is -0.399. The minimum atomic E-state index is -4.48. The Morgan fingerprint density at radius 3 is 2.29 bits per heavy atom. The van der Waals surface area contributed by atoms with E-state index in [1.54, 1.807) is 24.3 Å². The number of nitrogens with zero attached hydrogens (tertiary/aromatic N) is 2. The van der Waals surface area contributed by atoms with Crippen LogP contribution in [0.2, 0.25) is 0 Å². The maximum atomic E-state index is 12.8. The van der Waals surface area contributed by atoms with Gasteiger partial charge in [-0.15, -0.1) is 0 Å². The fourth-order valence-electron chi connectivity index (χ4n) is 3.21. The minimum absolute atomic E-state index is 0.0882. The smallest absolute Gasteiger partial charge is 0.326 e. The van der Waals surface area contributed by atoms with Crippen LogP contribution in [-0.2, 0) is 21.0 Å². The van der Waals surface area contributed by atoms with E-state index in [2.05, 4.69) is 21.2 Å². The number of hydrogen-bond acceptors (Lipinski definition) is 4. The second-order valence-electron chi connectivity index (χ2n) is 7.08. The van der Waals surface area contributed by atoms with E-state index in [4.69, 9.17) is 0 Å². The largest absolute Gasteiger partial charge is 0.416 e. The molecule has 0 spiro atoms. The summed E-state index contributed by atoms with van der Waals surface area (Å²) >= 11 is 3.28. The Hall–Kier alpha value is -1.95. The summed E-state index contributed by atoms with van der Waals surface area (Å²) < 4.78 is 66.0. The Morgan fingerprint density at radius 2 is 1.68 bits per heavy atom. The monoisotopic (exact) mass is 519 g/mol. The van der Waals surface area contributed by atoms with Crippen molar-refractivity contribution < 1.29 is 26.4 Å². The molecule has 11 heteroatoms. The maximum absolute atomic E-state index is 12.8. The number of nitrogens with one attached hydrogen (secondary N) is 1. The van der Waals surface area contributed by atoms with Crippen LogP contribution in [0, 0.1) is 0 Å². The first-order valence-electron chi connectivity index (χ1n) is 9.51. The molecule has 1 aliphatic heterocycles. The Bertz CT molecular complexity index is 1020. The fraction of sp³-hybridized carbons (Fsp3) is 0.350. The summed E-state index contributed by atoms with van der Waals surface area (Å²) in [7, 11) is -3.58. The van der Waals surface area contributed by atoms with Gasteiger partial charge in [-0.25, -0.2) is 8.42 Å². The number of hydrogen-bond donors (Lipinski definition) is 1. The van der Waals surface area contributed by atoms with E-state index in [9.17, 15) is 26.4 Å². The van der Waals surface area contributed by atoms with Crippen LogP contribution in [0.1, 0.15) is 12.0 Å². The number of rotatable bonds is 6. The molecule has 0 bridgehead atoms. The highest BCUT2D eigenvalue weighted by Gasteiger charge is 2.31. The van der Waals surface area contributed by atoms with Gasteiger partial charge in [0.2, 0.25) is 15.9 Å². The van der Waals surface area contributed by atoms with Crippen molar-refractivity contribution in [1.29, 1.82) is 0 Å². The third-order valence-electron chi connectivity index (χ3n) is 4.91. The van der Waals surface area contributed by atoms with Gasteiger partial charge in [-0.2, -0.15) is 17.5 Å². The van der Waals surface area contributed by atoms with Crippen molar-refractivity contribution in [2.45, 2.75) is 17.5 Å². The number of carbonyl (C=O) groups is 1. The lowest BCUT2D eigenvalue weighted by atomic mass is 10.2. The molecule has 3 rings (SSSR count). The molecule has 6 nitrogen and oxygen atoms in total. The average Bonchev–Trinajstić information content (AvgIpc) is 2.72. The van der Waals surface area contributed by atoms with Crippen LogP contribution >= 0.6 is 15.9 Å². The number of carbonyl (C=O) groups excluding carboxylic acids is 1. The van der Waals surface area contributed by atoms with Crippen LogP contribution in [0.5, 0.6) is 0 Å². The van der Waals surface area contributed by atoms with Crippen LogP contribution in [0.4, 0.5) is 18.9 Å². The Labute approximate surface area is 187 Å². The second-order valence-corrected chi connectivity index (χ2v) is 9.93. The van der Waals surface area contributed by atoms with E-state index >= 15 is 0 Å². The number of anilines is 1. The fourth-order valence-corrected chi connectivity index (χ4v) is 4.89. The number of sulfonamides is 1. The first-order chi connectivity index (χ1) is 14.6. The van der Waals surface area contributed by atoms with Crippen molar-refractivity contribution in [3.05, 3.63) is 58.6 Å². The highest BCUT2D eigenvalue weighted by atomic mass is 79.9. The van der Waals surface area contributed by atoms with Gasteiger partial charge in [0, 0.05) is 49.3 Å². The average molecular weight is 520 g/mol. The SMILES string of the molecule is O=C(CCN1CCN(S(=O)(=O)c2ccc(Br)cc2)CC1)Nc1cccc(C(F)(F)F)c1. The molecule has 1 saturated heterocycles. The van der Waals surface area contributed by atoms with Crippen LogP contribution in [0.15, 0.2) is 57.9 Å². The van der Waals surface area contributed by atoms with Crippen molar-refractivity contribution in [2.24, 2.45) is 0 Å². The summed E-state index contributed by atoms with van der Waals surface area (Å²) in [6, 6.07) is 10.9. The molecule has 2 aromatic carbocycles. The predicted molar refractivity (Wildman–Crippen MR) is 114 cm³/mol. The molecule has 0 aliphatic carbocycles. The standard InChI is InChI=1S/C20H21BrF3N3O3S/c21-16-4-6-18(7-5-16)31(29,30)27-12-10-26(11-13-27)9-8-19(28)25-17-3-1-2-15(14-17)20(22,23)24/h1-7,14H,8-13H2,(H,25,28). The Kier molecular flexibility index (Phi) is 7.40. The second kappa shape index (κ2) is 9.68. The molecule has 0 atom stereocenters. The molecule has 0 saturated carbocycles. The van der Waals surface area contributed by atoms with Gasteiger partial charge in [-0.1, -0.05) is 22.0 Å². The first-order valence-corrected chi connectivity index (χ1v) is 11.7. The first kappa shape index (κ1) is 23.7. The lowest BCUT2D eigenvalue weighted by Gasteiger charge is -2.33. The Morgan fingerprint density at radius 1 is 1.03 bits per heavy atom. The van der Waals surface area contributed by atoms with Crippen molar-refractivity contribution in [2.75, 3.05) is 38.0 Å². The number of benzene rings is 2. The predicted octanol–water partition coefficient (Wildman–Crippen LogP) is 3.80. The van der Waals surface area contributed by atoms with Crippen molar-refractivity contribution in [3.63, 3.8) is 0 Å². The van der Waals surface area contributed by atoms with Gasteiger partial charge in [-0.3, -0.25) is 4.79 Å². The quantitative estimate of drug-likeness (QED) is 0.630. The van der Waals surface area contributed by atoms with Crippen LogP contribution < -0.4 is 5.32 Å². The van der Waals surface area contributed by atoms with E-state index in [0.29, 0.717) is 32.7 Å². The third-order valence-corrected chi connectivity index (χ3v) is 7.35. The van der Waals surface area contributed by atoms with Crippen LogP contribution in [0.25, 0.3) is 0 Å². The molecule has 1 heterocycles. The van der Waals surface area contributed by atoms with Crippen molar-refractivity contribution in [3.8, 4) is 0 Å². The van der Waals surface area contributed by atoms with Gasteiger partial charge in [0.05, 0.1) is 10.5 Å². The summed E-state index contributed by atoms with van der Waals surface area (Å²) in [4.78, 5) is 14.3. The van der Waals surface area contributed by atoms with E-state index in [1.165, 1.54) is 16.4 Å². The van der Waals surface area contributed by atoms with Gasteiger partial charge in [-0.05, 0) is 42.5 Å². The zero-order valence-corrected chi connectivity index (χ0v) is 18.8.